The molecule has 0 aliphatic heterocycles. The van der Waals surface area contributed by atoms with Crippen molar-refractivity contribution >= 4 is 39.5 Å². The number of ketones is 2. The number of carbonyl (C=O) groups excluding carboxylic acids is 4. The van der Waals surface area contributed by atoms with Crippen molar-refractivity contribution in [2.24, 2.45) is 17.1 Å². The third-order valence-corrected chi connectivity index (χ3v) is 6.85. The summed E-state index contributed by atoms with van der Waals surface area (Å²) in [6.45, 7) is 0. The number of anilines is 1. The van der Waals surface area contributed by atoms with E-state index in [4.69, 9.17) is 23.3 Å². The predicted molar refractivity (Wildman–Crippen MR) is 120 cm³/mol. The van der Waals surface area contributed by atoms with Crippen LogP contribution in [0.5, 0.6) is 5.75 Å². The lowest BCUT2D eigenvalue weighted by atomic mass is 9.53. The Morgan fingerprint density at radius 1 is 1.13 bits per heavy atom. The monoisotopic (exact) mass is 582 g/mol. The minimum absolute atomic E-state index is 0.0176. The molecule has 0 spiro atoms. The highest BCUT2D eigenvalue weighted by atomic mass is 32.3. The standard InChI is InChI=1S/C21H19F3N2O8.H2O4S/c22-21(23,24)18(33)26-10-2-1-7-5-19(17(25)32)6-8-3-9(27)4-11(28)20(8,34)16(31)13(19)15(30)12(7)14(10)29;1-5(2,3)4/h1-2,8-9,27,29,31,34H,3-6H2,(H2,25,32)(H,26,33);(H2,1,2,3,4). The van der Waals surface area contributed by atoms with E-state index in [2.05, 4.69) is 0 Å². The molecular weight excluding hydrogens is 561 g/mol. The first-order chi connectivity index (χ1) is 17.6. The van der Waals surface area contributed by atoms with Crippen molar-refractivity contribution in [2.45, 2.75) is 43.6 Å². The van der Waals surface area contributed by atoms with Crippen molar-refractivity contribution in [1.29, 1.82) is 0 Å². The van der Waals surface area contributed by atoms with Crippen molar-refractivity contribution in [3.63, 3.8) is 0 Å². The van der Waals surface area contributed by atoms with E-state index in [-0.39, 0.29) is 18.4 Å². The van der Waals surface area contributed by atoms with Crippen LogP contribution in [0.4, 0.5) is 18.9 Å². The minimum atomic E-state index is -5.29. The van der Waals surface area contributed by atoms with Gasteiger partial charge in [-0.15, -0.1) is 0 Å². The first kappa shape index (κ1) is 30.0. The molecule has 0 bridgehead atoms. The van der Waals surface area contributed by atoms with Gasteiger partial charge in [0.05, 0.1) is 28.3 Å². The molecule has 0 heterocycles. The summed E-state index contributed by atoms with van der Waals surface area (Å²) < 4.78 is 69.5. The average Bonchev–Trinajstić information content (AvgIpc) is 2.76. The van der Waals surface area contributed by atoms with E-state index in [9.17, 15) is 52.8 Å². The number of carbonyl (C=O) groups is 4. The van der Waals surface area contributed by atoms with E-state index in [0.717, 1.165) is 12.1 Å². The van der Waals surface area contributed by atoms with Gasteiger partial charge < -0.3 is 31.5 Å². The lowest BCUT2D eigenvalue weighted by Crippen LogP contribution is -2.62. The molecule has 4 atom stereocenters. The Morgan fingerprint density at radius 2 is 1.69 bits per heavy atom. The van der Waals surface area contributed by atoms with Crippen LogP contribution in [0, 0.1) is 11.3 Å². The molecule has 0 aromatic heterocycles. The highest BCUT2D eigenvalue weighted by Gasteiger charge is 2.64. The van der Waals surface area contributed by atoms with Crippen molar-refractivity contribution < 1.29 is 70.3 Å². The predicted octanol–water partition coefficient (Wildman–Crippen LogP) is -0.262. The quantitative estimate of drug-likeness (QED) is 0.166. The van der Waals surface area contributed by atoms with Gasteiger partial charge in [-0.05, 0) is 30.9 Å². The van der Waals surface area contributed by atoms with Gasteiger partial charge in [-0.1, -0.05) is 6.07 Å². The number of rotatable bonds is 2. The number of alkyl halides is 3. The van der Waals surface area contributed by atoms with Crippen LogP contribution >= 0.6 is 0 Å². The molecule has 214 valence electrons. The van der Waals surface area contributed by atoms with Crippen LogP contribution in [0.25, 0.3) is 0 Å². The molecule has 1 saturated carbocycles. The Bertz CT molecular complexity index is 1420. The third-order valence-electron chi connectivity index (χ3n) is 6.85. The van der Waals surface area contributed by atoms with Gasteiger partial charge in [0.15, 0.2) is 22.9 Å². The highest BCUT2D eigenvalue weighted by molar-refractivity contribution is 7.79. The Morgan fingerprint density at radius 3 is 2.21 bits per heavy atom. The smallest absolute Gasteiger partial charge is 0.471 e. The van der Waals surface area contributed by atoms with E-state index in [1.807, 2.05) is 0 Å². The molecule has 0 radical (unpaired) electrons. The van der Waals surface area contributed by atoms with Crippen LogP contribution in [0.1, 0.15) is 35.2 Å². The molecule has 18 heteroatoms. The summed E-state index contributed by atoms with van der Waals surface area (Å²) in [6, 6.07) is 2.01. The van der Waals surface area contributed by atoms with Gasteiger partial charge in [0, 0.05) is 12.3 Å². The van der Waals surface area contributed by atoms with Gasteiger partial charge >= 0.3 is 22.5 Å². The molecule has 3 aliphatic rings. The van der Waals surface area contributed by atoms with Gasteiger partial charge in [-0.25, -0.2) is 0 Å². The fourth-order valence-electron chi connectivity index (χ4n) is 5.25. The van der Waals surface area contributed by atoms with Gasteiger partial charge in [0.1, 0.15) is 5.76 Å². The second-order valence-corrected chi connectivity index (χ2v) is 10.2. The number of aliphatic hydroxyl groups is 3. The molecule has 14 nitrogen and oxygen atoms in total. The van der Waals surface area contributed by atoms with Crippen LogP contribution in [0.2, 0.25) is 0 Å². The maximum Gasteiger partial charge on any atom is 0.471 e. The third kappa shape index (κ3) is 5.20. The van der Waals surface area contributed by atoms with Crippen molar-refractivity contribution in [3.8, 4) is 5.75 Å². The Balaban J connectivity index is 0.000000771. The molecule has 0 saturated heterocycles. The van der Waals surface area contributed by atoms with Crippen LogP contribution in [-0.4, -0.2) is 79.2 Å². The van der Waals surface area contributed by atoms with Crippen LogP contribution < -0.4 is 11.1 Å². The van der Waals surface area contributed by atoms with Crippen LogP contribution in [0.3, 0.4) is 0 Å². The van der Waals surface area contributed by atoms with Crippen LogP contribution in [0.15, 0.2) is 23.5 Å². The first-order valence-electron chi connectivity index (χ1n) is 10.8. The number of hydrogen-bond donors (Lipinski definition) is 8. The number of fused-ring (bicyclic) bond motifs is 3. The van der Waals surface area contributed by atoms with Gasteiger partial charge in [-0.3, -0.25) is 28.3 Å². The summed E-state index contributed by atoms with van der Waals surface area (Å²) in [7, 11) is -4.67. The largest absolute Gasteiger partial charge is 0.508 e. The molecule has 39 heavy (non-hydrogen) atoms. The van der Waals surface area contributed by atoms with E-state index in [1.54, 1.807) is 0 Å². The number of primary amides is 1. The normalized spacial score (nSPS) is 28.4. The number of aromatic hydroxyl groups is 1. The van der Waals surface area contributed by atoms with E-state index >= 15 is 0 Å². The number of phenols is 1. The Labute approximate surface area is 216 Å². The summed E-state index contributed by atoms with van der Waals surface area (Å²) in [5, 5.41) is 43.9. The second kappa shape index (κ2) is 9.56. The maximum absolute atomic E-state index is 13.4. The zero-order valence-electron chi connectivity index (χ0n) is 19.4. The number of aliphatic hydroxyl groups excluding tert-OH is 2. The molecule has 1 aromatic carbocycles. The fourth-order valence-corrected chi connectivity index (χ4v) is 5.25. The summed E-state index contributed by atoms with van der Waals surface area (Å²) >= 11 is 0. The number of benzene rings is 1. The molecule has 1 fully saturated rings. The van der Waals surface area contributed by atoms with Crippen molar-refractivity contribution in [3.05, 3.63) is 34.6 Å². The first-order valence-corrected chi connectivity index (χ1v) is 12.2. The number of hydrogen-bond acceptors (Lipinski definition) is 10. The van der Waals surface area contributed by atoms with Gasteiger partial charge in [0.25, 0.3) is 0 Å². The number of halogens is 3. The van der Waals surface area contributed by atoms with E-state index in [1.165, 1.54) is 5.32 Å². The summed E-state index contributed by atoms with van der Waals surface area (Å²) in [6.07, 6.45) is -7.95. The second-order valence-electron chi connectivity index (χ2n) is 9.26. The zero-order chi connectivity index (χ0) is 29.9. The number of nitrogens with two attached hydrogens (primary N) is 1. The molecule has 4 rings (SSSR count). The Hall–Kier alpha value is -3.58. The molecule has 1 aromatic rings. The number of Topliss-reactive ketones (excluding diaryl/α,β-unsaturated/α-hetero) is 2. The number of nitrogens with one attached hydrogen (secondary N) is 1. The number of amides is 2. The van der Waals surface area contributed by atoms with Gasteiger partial charge in [0.2, 0.25) is 5.91 Å². The minimum Gasteiger partial charge on any atom is -0.508 e. The van der Waals surface area contributed by atoms with E-state index in [0.29, 0.717) is 0 Å². The maximum atomic E-state index is 13.4. The molecule has 2 amide bonds. The fraction of sp³-hybridized carbons (Fsp3) is 0.429. The molecular formula is C21H21F3N2O12S. The zero-order valence-corrected chi connectivity index (χ0v) is 20.2. The lowest BCUT2D eigenvalue weighted by molar-refractivity contribution is -0.167. The summed E-state index contributed by atoms with van der Waals surface area (Å²) in [5.41, 5.74) is -1.08. The summed E-state index contributed by atoms with van der Waals surface area (Å²) in [4.78, 5) is 49.9. The lowest BCUT2D eigenvalue weighted by Gasteiger charge is -2.51. The molecule has 3 aliphatic carbocycles. The SMILES string of the molecule is NC(=O)C12Cc3ccc(NC(=O)C(F)(F)F)c(O)c3C(=O)C1=C(O)C1(O)C(=O)CC(O)CC1C2.O=S(=O)(O)O. The highest BCUT2D eigenvalue weighted by Crippen LogP contribution is 2.56. The molecule has 4 unspecified atom stereocenters. The average molecular weight is 582 g/mol. The van der Waals surface area contributed by atoms with E-state index < -0.39 is 104 Å². The van der Waals surface area contributed by atoms with Crippen molar-refractivity contribution in [1.82, 2.24) is 0 Å². The number of phenolic OH excluding ortho intramolecular Hbond substituents is 1. The van der Waals surface area contributed by atoms with Crippen molar-refractivity contribution in [2.75, 3.05) is 5.32 Å². The molecule has 9 N–H and O–H groups in total. The topological polar surface area (TPSA) is 262 Å². The van der Waals surface area contributed by atoms with Gasteiger partial charge in [-0.2, -0.15) is 21.6 Å². The van der Waals surface area contributed by atoms with Crippen LogP contribution in [-0.2, 0) is 31.2 Å². The Kier molecular flexibility index (Phi) is 7.34. The summed E-state index contributed by atoms with van der Waals surface area (Å²) in [5.74, 6) is -9.11.